The summed E-state index contributed by atoms with van der Waals surface area (Å²) in [6.45, 7) is 0. The Morgan fingerprint density at radius 3 is 3.00 bits per heavy atom. The van der Waals surface area contributed by atoms with Crippen molar-refractivity contribution in [3.8, 4) is 11.3 Å². The van der Waals surface area contributed by atoms with Gasteiger partial charge in [0, 0.05) is 24.6 Å². The zero-order chi connectivity index (χ0) is 12.7. The average molecular weight is 257 g/mol. The van der Waals surface area contributed by atoms with Crippen molar-refractivity contribution in [1.29, 1.82) is 0 Å². The monoisotopic (exact) mass is 257 g/mol. The van der Waals surface area contributed by atoms with Gasteiger partial charge in [-0.25, -0.2) is 4.98 Å². The van der Waals surface area contributed by atoms with Gasteiger partial charge < -0.3 is 9.88 Å². The number of nitrogens with one attached hydrogen (secondary N) is 1. The SMILES string of the molecule is CN1C(=O)Cc2cc(-c3ccnc(=S)[nH]3)ccc21. The van der Waals surface area contributed by atoms with Gasteiger partial charge in [-0.15, -0.1) is 0 Å². The van der Waals surface area contributed by atoms with Gasteiger partial charge in [0.25, 0.3) is 0 Å². The van der Waals surface area contributed by atoms with Crippen LogP contribution in [0.1, 0.15) is 5.56 Å². The highest BCUT2D eigenvalue weighted by Crippen LogP contribution is 2.31. The Balaban J connectivity index is 2.10. The molecular weight excluding hydrogens is 246 g/mol. The Labute approximate surface area is 109 Å². The second kappa shape index (κ2) is 4.03. The number of benzene rings is 1. The van der Waals surface area contributed by atoms with E-state index in [1.807, 2.05) is 24.3 Å². The van der Waals surface area contributed by atoms with E-state index in [9.17, 15) is 4.79 Å². The summed E-state index contributed by atoms with van der Waals surface area (Å²) in [6.07, 6.45) is 2.14. The van der Waals surface area contributed by atoms with Crippen LogP contribution in [0.2, 0.25) is 0 Å². The summed E-state index contributed by atoms with van der Waals surface area (Å²) in [4.78, 5) is 20.3. The number of rotatable bonds is 1. The minimum atomic E-state index is 0.129. The first-order chi connectivity index (χ1) is 8.65. The molecule has 0 spiro atoms. The fourth-order valence-corrected chi connectivity index (χ4v) is 2.35. The normalized spacial score (nSPS) is 13.8. The molecule has 3 rings (SSSR count). The lowest BCUT2D eigenvalue weighted by molar-refractivity contribution is -0.117. The Kier molecular flexibility index (Phi) is 2.48. The van der Waals surface area contributed by atoms with E-state index in [4.69, 9.17) is 12.2 Å². The molecule has 1 aliphatic heterocycles. The smallest absolute Gasteiger partial charge is 0.231 e. The number of likely N-dealkylation sites (N-methyl/N-ethyl adjacent to an activating group) is 1. The third-order valence-electron chi connectivity index (χ3n) is 3.14. The van der Waals surface area contributed by atoms with Crippen LogP contribution in [0.15, 0.2) is 30.5 Å². The van der Waals surface area contributed by atoms with Crippen LogP contribution in [0.5, 0.6) is 0 Å². The molecule has 1 aromatic carbocycles. The molecule has 0 radical (unpaired) electrons. The molecule has 2 heterocycles. The maximum Gasteiger partial charge on any atom is 0.231 e. The lowest BCUT2D eigenvalue weighted by Gasteiger charge is -2.10. The van der Waals surface area contributed by atoms with E-state index in [1.54, 1.807) is 18.1 Å². The molecular formula is C13H11N3OS. The molecule has 1 N–H and O–H groups in total. The predicted octanol–water partition coefficient (Wildman–Crippen LogP) is 2.33. The van der Waals surface area contributed by atoms with E-state index < -0.39 is 0 Å². The summed E-state index contributed by atoms with van der Waals surface area (Å²) in [5, 5.41) is 0. The zero-order valence-electron chi connectivity index (χ0n) is 9.80. The van der Waals surface area contributed by atoms with Crippen molar-refractivity contribution in [3.05, 3.63) is 40.8 Å². The highest BCUT2D eigenvalue weighted by atomic mass is 32.1. The number of nitrogens with zero attached hydrogens (tertiary/aromatic N) is 2. The number of carbonyl (C=O) groups excluding carboxylic acids is 1. The zero-order valence-corrected chi connectivity index (χ0v) is 10.6. The summed E-state index contributed by atoms with van der Waals surface area (Å²) in [7, 11) is 1.80. The van der Waals surface area contributed by atoms with E-state index in [-0.39, 0.29) is 5.91 Å². The van der Waals surface area contributed by atoms with Crippen LogP contribution in [-0.4, -0.2) is 22.9 Å². The van der Waals surface area contributed by atoms with Crippen LogP contribution in [0.25, 0.3) is 11.3 Å². The first-order valence-corrected chi connectivity index (χ1v) is 6.01. The summed E-state index contributed by atoms with van der Waals surface area (Å²) < 4.78 is 0.459. The second-order valence-corrected chi connectivity index (χ2v) is 4.65. The van der Waals surface area contributed by atoms with Gasteiger partial charge in [-0.05, 0) is 41.5 Å². The predicted molar refractivity (Wildman–Crippen MR) is 72.0 cm³/mol. The number of anilines is 1. The molecule has 18 heavy (non-hydrogen) atoms. The van der Waals surface area contributed by atoms with Crippen LogP contribution >= 0.6 is 12.2 Å². The molecule has 0 saturated heterocycles. The quantitative estimate of drug-likeness (QED) is 0.798. The maximum absolute atomic E-state index is 11.6. The fraction of sp³-hybridized carbons (Fsp3) is 0.154. The molecule has 90 valence electrons. The van der Waals surface area contributed by atoms with Gasteiger partial charge in [-0.3, -0.25) is 4.79 Å². The van der Waals surface area contributed by atoms with Gasteiger partial charge in [0.1, 0.15) is 0 Å². The molecule has 0 aliphatic carbocycles. The highest BCUT2D eigenvalue weighted by molar-refractivity contribution is 7.71. The number of fused-ring (bicyclic) bond motifs is 1. The number of hydrogen-bond acceptors (Lipinski definition) is 3. The molecule has 0 fully saturated rings. The molecule has 2 aromatic rings. The van der Waals surface area contributed by atoms with Crippen molar-refractivity contribution in [2.24, 2.45) is 0 Å². The number of carbonyl (C=O) groups is 1. The van der Waals surface area contributed by atoms with E-state index in [0.717, 1.165) is 22.5 Å². The summed E-state index contributed by atoms with van der Waals surface area (Å²) in [5.74, 6) is 0.129. The van der Waals surface area contributed by atoms with Crippen molar-refractivity contribution in [2.75, 3.05) is 11.9 Å². The Hall–Kier alpha value is -2.01. The van der Waals surface area contributed by atoms with Crippen LogP contribution < -0.4 is 4.90 Å². The largest absolute Gasteiger partial charge is 0.330 e. The number of H-pyrrole nitrogens is 1. The van der Waals surface area contributed by atoms with Crippen molar-refractivity contribution in [2.45, 2.75) is 6.42 Å². The molecule has 5 heteroatoms. The first kappa shape index (κ1) is 11.1. The van der Waals surface area contributed by atoms with Crippen molar-refractivity contribution in [1.82, 2.24) is 9.97 Å². The lowest BCUT2D eigenvalue weighted by atomic mass is 10.1. The van der Waals surface area contributed by atoms with Crippen LogP contribution in [0.4, 0.5) is 5.69 Å². The average Bonchev–Trinajstić information content (AvgIpc) is 2.65. The summed E-state index contributed by atoms with van der Waals surface area (Å²) >= 11 is 5.01. The Bertz CT molecular complexity index is 693. The summed E-state index contributed by atoms with van der Waals surface area (Å²) in [5.41, 5.74) is 3.97. The van der Waals surface area contributed by atoms with Gasteiger partial charge >= 0.3 is 0 Å². The third-order valence-corrected chi connectivity index (χ3v) is 3.35. The Morgan fingerprint density at radius 2 is 2.22 bits per heavy atom. The van der Waals surface area contributed by atoms with Crippen LogP contribution in [-0.2, 0) is 11.2 Å². The van der Waals surface area contributed by atoms with Gasteiger partial charge in [-0.1, -0.05) is 6.07 Å². The number of aromatic amines is 1. The standard InChI is InChI=1S/C13H11N3OS/c1-16-11-3-2-8(6-9(11)7-12(16)17)10-4-5-14-13(18)15-10/h2-6H,7H2,1H3,(H,14,15,18). The molecule has 1 aliphatic rings. The number of hydrogen-bond donors (Lipinski definition) is 1. The molecule has 0 saturated carbocycles. The molecule has 0 atom stereocenters. The molecule has 0 unspecified atom stereocenters. The number of amides is 1. The first-order valence-electron chi connectivity index (χ1n) is 5.60. The van der Waals surface area contributed by atoms with Crippen molar-refractivity contribution < 1.29 is 4.79 Å². The third kappa shape index (κ3) is 1.73. The van der Waals surface area contributed by atoms with E-state index in [0.29, 0.717) is 11.2 Å². The van der Waals surface area contributed by atoms with Gasteiger partial charge in [0.2, 0.25) is 5.91 Å². The second-order valence-electron chi connectivity index (χ2n) is 4.26. The van der Waals surface area contributed by atoms with E-state index >= 15 is 0 Å². The summed E-state index contributed by atoms with van der Waals surface area (Å²) in [6, 6.07) is 7.84. The van der Waals surface area contributed by atoms with Crippen LogP contribution in [0.3, 0.4) is 0 Å². The van der Waals surface area contributed by atoms with Gasteiger partial charge in [0.15, 0.2) is 4.77 Å². The van der Waals surface area contributed by atoms with Gasteiger partial charge in [0.05, 0.1) is 6.42 Å². The van der Waals surface area contributed by atoms with E-state index in [2.05, 4.69) is 9.97 Å². The van der Waals surface area contributed by atoms with Gasteiger partial charge in [-0.2, -0.15) is 0 Å². The lowest BCUT2D eigenvalue weighted by Crippen LogP contribution is -2.20. The topological polar surface area (TPSA) is 49.0 Å². The Morgan fingerprint density at radius 1 is 1.39 bits per heavy atom. The molecule has 1 amide bonds. The number of aromatic nitrogens is 2. The molecule has 4 nitrogen and oxygen atoms in total. The van der Waals surface area contributed by atoms with Crippen molar-refractivity contribution >= 4 is 23.8 Å². The van der Waals surface area contributed by atoms with E-state index in [1.165, 1.54) is 0 Å². The van der Waals surface area contributed by atoms with Crippen molar-refractivity contribution in [3.63, 3.8) is 0 Å². The fourth-order valence-electron chi connectivity index (χ4n) is 2.17. The maximum atomic E-state index is 11.6. The minimum absolute atomic E-state index is 0.129. The van der Waals surface area contributed by atoms with Crippen LogP contribution in [0, 0.1) is 4.77 Å². The molecule has 0 bridgehead atoms. The minimum Gasteiger partial charge on any atom is -0.330 e. The highest BCUT2D eigenvalue weighted by Gasteiger charge is 2.23. The molecule has 1 aromatic heterocycles.